The molecule has 0 unspecified atom stereocenters. The van der Waals surface area contributed by atoms with Gasteiger partial charge in [-0.05, 0) is 23.6 Å². The van der Waals surface area contributed by atoms with Crippen LogP contribution in [0, 0.1) is 5.92 Å². The number of aromatic nitrogens is 1. The Labute approximate surface area is 73.5 Å². The maximum Gasteiger partial charge on any atom is 0.0412 e. The van der Waals surface area contributed by atoms with Crippen molar-refractivity contribution in [3.05, 3.63) is 30.1 Å². The monoisotopic (exact) mass is 164 g/mol. The number of rotatable bonds is 3. The lowest BCUT2D eigenvalue weighted by atomic mass is 10.00. The van der Waals surface area contributed by atoms with E-state index < -0.39 is 0 Å². The lowest BCUT2D eigenvalue weighted by Gasteiger charge is -2.08. The third-order valence-corrected chi connectivity index (χ3v) is 1.87. The lowest BCUT2D eigenvalue weighted by Crippen LogP contribution is -2.00. The van der Waals surface area contributed by atoms with E-state index >= 15 is 0 Å². The number of allylic oxidation sites excluding steroid dienone is 1. The second kappa shape index (κ2) is 4.12. The van der Waals surface area contributed by atoms with Crippen LogP contribution in [0.25, 0.3) is 5.57 Å². The van der Waals surface area contributed by atoms with Gasteiger partial charge in [-0.3, -0.25) is 0 Å². The summed E-state index contributed by atoms with van der Waals surface area (Å²) in [5.41, 5.74) is 7.95. The number of H-pyrrole nitrogens is 1. The summed E-state index contributed by atoms with van der Waals surface area (Å²) in [6.07, 6.45) is 4.00. The molecule has 0 aliphatic rings. The first-order valence-electron chi connectivity index (χ1n) is 4.29. The van der Waals surface area contributed by atoms with Crippen LogP contribution in [0.5, 0.6) is 0 Å². The number of nitrogens with two attached hydrogens (primary N) is 1. The summed E-state index contributed by atoms with van der Waals surface area (Å²) in [7, 11) is 0. The molecule has 0 aliphatic heterocycles. The van der Waals surface area contributed by atoms with Crippen molar-refractivity contribution in [1.82, 2.24) is 4.98 Å². The molecule has 66 valence electrons. The molecule has 0 aliphatic carbocycles. The number of aromatic amines is 1. The topological polar surface area (TPSA) is 41.8 Å². The molecule has 2 nitrogen and oxygen atoms in total. The predicted molar refractivity (Wildman–Crippen MR) is 52.7 cm³/mol. The molecule has 0 atom stereocenters. The van der Waals surface area contributed by atoms with E-state index in [1.165, 1.54) is 11.3 Å². The molecule has 0 bridgehead atoms. The van der Waals surface area contributed by atoms with Gasteiger partial charge in [0.05, 0.1) is 0 Å². The Morgan fingerprint density at radius 1 is 1.67 bits per heavy atom. The highest BCUT2D eigenvalue weighted by Crippen LogP contribution is 2.20. The fraction of sp³-hybridized carbons (Fsp3) is 0.400. The van der Waals surface area contributed by atoms with Gasteiger partial charge in [-0.25, -0.2) is 0 Å². The summed E-state index contributed by atoms with van der Waals surface area (Å²) in [4.78, 5) is 3.18. The smallest absolute Gasteiger partial charge is 0.0412 e. The molecule has 3 N–H and O–H groups in total. The van der Waals surface area contributed by atoms with Crippen molar-refractivity contribution in [3.63, 3.8) is 0 Å². The minimum absolute atomic E-state index is 0.521. The van der Waals surface area contributed by atoms with Crippen LogP contribution >= 0.6 is 0 Å². The first-order chi connectivity index (χ1) is 5.75. The average molecular weight is 164 g/mol. The molecular formula is C10H16N2. The number of hydrogen-bond acceptors (Lipinski definition) is 1. The Bertz CT molecular complexity index is 245. The molecule has 1 aromatic rings. The summed E-state index contributed by atoms with van der Waals surface area (Å²) < 4.78 is 0. The van der Waals surface area contributed by atoms with Crippen LogP contribution in [0.1, 0.15) is 19.5 Å². The van der Waals surface area contributed by atoms with Gasteiger partial charge in [-0.2, -0.15) is 0 Å². The van der Waals surface area contributed by atoms with Gasteiger partial charge < -0.3 is 10.7 Å². The Balaban J connectivity index is 2.88. The van der Waals surface area contributed by atoms with Crippen molar-refractivity contribution < 1.29 is 0 Å². The minimum Gasteiger partial charge on any atom is -0.361 e. The van der Waals surface area contributed by atoms with E-state index in [1.54, 1.807) is 0 Å². The van der Waals surface area contributed by atoms with Gasteiger partial charge in [0, 0.05) is 18.4 Å². The van der Waals surface area contributed by atoms with Gasteiger partial charge in [0.2, 0.25) is 0 Å². The zero-order valence-corrected chi connectivity index (χ0v) is 7.67. The Hall–Kier alpha value is -1.02. The molecule has 0 amide bonds. The molecule has 0 spiro atoms. The van der Waals surface area contributed by atoms with Crippen LogP contribution in [0.3, 0.4) is 0 Å². The van der Waals surface area contributed by atoms with Crippen molar-refractivity contribution in [3.8, 4) is 0 Å². The molecule has 0 saturated carbocycles. The highest BCUT2D eigenvalue weighted by Gasteiger charge is 2.05. The first kappa shape index (κ1) is 9.07. The van der Waals surface area contributed by atoms with Crippen LogP contribution in [-0.4, -0.2) is 11.5 Å². The van der Waals surface area contributed by atoms with E-state index in [1.807, 2.05) is 12.3 Å². The van der Waals surface area contributed by atoms with E-state index in [4.69, 9.17) is 5.73 Å². The predicted octanol–water partition coefficient (Wildman–Crippen LogP) is 2.01. The Kier molecular flexibility index (Phi) is 3.11. The maximum absolute atomic E-state index is 5.48. The van der Waals surface area contributed by atoms with Gasteiger partial charge in [0.1, 0.15) is 0 Å². The summed E-state index contributed by atoms with van der Waals surface area (Å²) in [5.74, 6) is 0.521. The highest BCUT2D eigenvalue weighted by molar-refractivity contribution is 5.64. The van der Waals surface area contributed by atoms with E-state index in [0.717, 1.165) is 0 Å². The van der Waals surface area contributed by atoms with E-state index in [2.05, 4.69) is 31.0 Å². The van der Waals surface area contributed by atoms with Gasteiger partial charge in [0.15, 0.2) is 0 Å². The summed E-state index contributed by atoms with van der Waals surface area (Å²) in [5, 5.41) is 0. The minimum atomic E-state index is 0.521. The molecule has 1 heterocycles. The van der Waals surface area contributed by atoms with Crippen molar-refractivity contribution >= 4 is 5.57 Å². The van der Waals surface area contributed by atoms with Crippen LogP contribution in [0.2, 0.25) is 0 Å². The van der Waals surface area contributed by atoms with Crippen LogP contribution in [-0.2, 0) is 0 Å². The number of nitrogens with one attached hydrogen (secondary N) is 1. The first-order valence-corrected chi connectivity index (χ1v) is 4.29. The zero-order valence-electron chi connectivity index (χ0n) is 7.67. The molecule has 0 radical (unpaired) electrons. The van der Waals surface area contributed by atoms with Crippen LogP contribution in [0.4, 0.5) is 0 Å². The van der Waals surface area contributed by atoms with Gasteiger partial charge in [-0.15, -0.1) is 0 Å². The molecule has 2 heteroatoms. The summed E-state index contributed by atoms with van der Waals surface area (Å²) in [6.45, 7) is 4.94. The standard InChI is InChI=1S/C10H16N2/c1-8(2)9(5-6-11)10-4-3-7-12-10/h3-5,7-8,12H,6,11H2,1-2H3/b9-5-. The van der Waals surface area contributed by atoms with Crippen LogP contribution in [0.15, 0.2) is 24.4 Å². The second-order valence-corrected chi connectivity index (χ2v) is 3.13. The van der Waals surface area contributed by atoms with E-state index in [0.29, 0.717) is 12.5 Å². The van der Waals surface area contributed by atoms with Crippen LogP contribution < -0.4 is 5.73 Å². The van der Waals surface area contributed by atoms with Crippen molar-refractivity contribution in [2.45, 2.75) is 13.8 Å². The largest absolute Gasteiger partial charge is 0.361 e. The van der Waals surface area contributed by atoms with Crippen molar-refractivity contribution in [2.75, 3.05) is 6.54 Å². The van der Waals surface area contributed by atoms with Gasteiger partial charge in [-0.1, -0.05) is 19.9 Å². The third-order valence-electron chi connectivity index (χ3n) is 1.87. The second-order valence-electron chi connectivity index (χ2n) is 3.13. The van der Waals surface area contributed by atoms with E-state index in [9.17, 15) is 0 Å². The van der Waals surface area contributed by atoms with Crippen molar-refractivity contribution in [2.24, 2.45) is 11.7 Å². The lowest BCUT2D eigenvalue weighted by molar-refractivity contribution is 0.846. The summed E-state index contributed by atoms with van der Waals surface area (Å²) >= 11 is 0. The average Bonchev–Trinajstić information content (AvgIpc) is 2.51. The fourth-order valence-electron chi connectivity index (χ4n) is 1.29. The molecule has 12 heavy (non-hydrogen) atoms. The molecule has 0 aromatic carbocycles. The van der Waals surface area contributed by atoms with Crippen molar-refractivity contribution in [1.29, 1.82) is 0 Å². The Morgan fingerprint density at radius 3 is 2.83 bits per heavy atom. The highest BCUT2D eigenvalue weighted by atomic mass is 14.7. The molecule has 0 fully saturated rings. The fourth-order valence-corrected chi connectivity index (χ4v) is 1.29. The molecular weight excluding hydrogens is 148 g/mol. The Morgan fingerprint density at radius 2 is 2.42 bits per heavy atom. The normalized spacial score (nSPS) is 12.5. The van der Waals surface area contributed by atoms with Gasteiger partial charge in [0.25, 0.3) is 0 Å². The third kappa shape index (κ3) is 1.98. The number of hydrogen-bond donors (Lipinski definition) is 2. The molecule has 0 saturated heterocycles. The van der Waals surface area contributed by atoms with E-state index in [-0.39, 0.29) is 0 Å². The zero-order chi connectivity index (χ0) is 8.97. The SMILES string of the molecule is CC(C)/C(=C/CN)c1ccc[nH]1. The quantitative estimate of drug-likeness (QED) is 0.705. The molecule has 1 aromatic heterocycles. The molecule has 1 rings (SSSR count). The maximum atomic E-state index is 5.48. The van der Waals surface area contributed by atoms with Gasteiger partial charge >= 0.3 is 0 Å². The summed E-state index contributed by atoms with van der Waals surface area (Å²) in [6, 6.07) is 4.07.